The minimum atomic E-state index is -0.400. The molecule has 0 unspecified atom stereocenters. The second kappa shape index (κ2) is 6.70. The van der Waals surface area contributed by atoms with Crippen molar-refractivity contribution in [3.63, 3.8) is 0 Å². The van der Waals surface area contributed by atoms with Crippen LogP contribution in [0.5, 0.6) is 0 Å². The summed E-state index contributed by atoms with van der Waals surface area (Å²) in [5, 5.41) is 11.4. The molecule has 4 nitrogen and oxygen atoms in total. The molecule has 1 heterocycles. The van der Waals surface area contributed by atoms with Crippen LogP contribution >= 0.6 is 27.7 Å². The van der Waals surface area contributed by atoms with E-state index in [0.717, 1.165) is 4.47 Å². The zero-order chi connectivity index (χ0) is 13.8. The largest absolute Gasteiger partial charge is 0.377 e. The lowest BCUT2D eigenvalue weighted by Gasteiger charge is -2.26. The Morgan fingerprint density at radius 3 is 2.79 bits per heavy atom. The van der Waals surface area contributed by atoms with Crippen LogP contribution in [-0.4, -0.2) is 15.2 Å². The molecule has 0 aromatic carbocycles. The summed E-state index contributed by atoms with van der Waals surface area (Å²) >= 11 is 4.92. The Kier molecular flexibility index (Phi) is 5.21. The van der Waals surface area contributed by atoms with E-state index in [4.69, 9.17) is 0 Å². The SMILES string of the molecule is C[C@@H](Sc1cc(Br)cnc1[N+](=O)[O-])C1CCCCC1. The van der Waals surface area contributed by atoms with Gasteiger partial charge in [0, 0.05) is 5.25 Å². The van der Waals surface area contributed by atoms with Crippen LogP contribution in [0.15, 0.2) is 21.6 Å². The summed E-state index contributed by atoms with van der Waals surface area (Å²) in [7, 11) is 0. The van der Waals surface area contributed by atoms with Gasteiger partial charge in [0.15, 0.2) is 6.20 Å². The van der Waals surface area contributed by atoms with E-state index in [2.05, 4.69) is 27.8 Å². The van der Waals surface area contributed by atoms with Crippen LogP contribution in [0.4, 0.5) is 5.82 Å². The van der Waals surface area contributed by atoms with E-state index >= 15 is 0 Å². The van der Waals surface area contributed by atoms with E-state index in [-0.39, 0.29) is 5.82 Å². The summed E-state index contributed by atoms with van der Waals surface area (Å²) in [5.41, 5.74) is 0. The van der Waals surface area contributed by atoms with E-state index in [1.807, 2.05) is 0 Å². The number of thioether (sulfide) groups is 1. The van der Waals surface area contributed by atoms with Crippen molar-refractivity contribution in [1.82, 2.24) is 4.98 Å². The van der Waals surface area contributed by atoms with Gasteiger partial charge in [-0.15, -0.1) is 11.8 Å². The topological polar surface area (TPSA) is 56.0 Å². The molecule has 1 atom stereocenters. The molecule has 1 saturated carbocycles. The summed E-state index contributed by atoms with van der Waals surface area (Å²) in [5.74, 6) is 0.633. The molecule has 1 aliphatic carbocycles. The van der Waals surface area contributed by atoms with Crippen molar-refractivity contribution in [1.29, 1.82) is 0 Å². The standard InChI is InChI=1S/C13H17BrN2O2S/c1-9(10-5-3-2-4-6-10)19-12-7-11(14)8-15-13(12)16(17)18/h7-10H,2-6H2,1H3/t9-/m1/s1. The first-order valence-corrected chi connectivity index (χ1v) is 8.22. The Morgan fingerprint density at radius 2 is 2.16 bits per heavy atom. The highest BCUT2D eigenvalue weighted by molar-refractivity contribution is 9.10. The molecule has 0 amide bonds. The van der Waals surface area contributed by atoms with Gasteiger partial charge in [-0.1, -0.05) is 26.2 Å². The third kappa shape index (κ3) is 3.92. The minimum Gasteiger partial charge on any atom is -0.358 e. The van der Waals surface area contributed by atoms with Gasteiger partial charge in [0.05, 0.1) is 4.47 Å². The quantitative estimate of drug-likeness (QED) is 0.446. The summed E-state index contributed by atoms with van der Waals surface area (Å²) in [4.78, 5) is 15.2. The molecule has 0 aliphatic heterocycles. The van der Waals surface area contributed by atoms with Crippen molar-refractivity contribution >= 4 is 33.5 Å². The molecule has 1 aliphatic rings. The van der Waals surface area contributed by atoms with Crippen LogP contribution in [0.1, 0.15) is 39.0 Å². The van der Waals surface area contributed by atoms with Crippen molar-refractivity contribution in [2.75, 3.05) is 0 Å². The van der Waals surface area contributed by atoms with E-state index in [9.17, 15) is 10.1 Å². The molecular weight excluding hydrogens is 328 g/mol. The Bertz CT molecular complexity index is 464. The number of nitrogens with zero attached hydrogens (tertiary/aromatic N) is 2. The maximum absolute atomic E-state index is 11.0. The number of aromatic nitrogens is 1. The predicted octanol–water partition coefficient (Wildman–Crippen LogP) is 4.81. The molecule has 1 aromatic heterocycles. The summed E-state index contributed by atoms with van der Waals surface area (Å²) in [6, 6.07) is 1.80. The number of halogens is 1. The van der Waals surface area contributed by atoms with Crippen molar-refractivity contribution in [3.05, 3.63) is 26.9 Å². The molecule has 6 heteroatoms. The summed E-state index contributed by atoms with van der Waals surface area (Å²) in [6.45, 7) is 2.17. The second-order valence-corrected chi connectivity index (χ2v) is 7.29. The monoisotopic (exact) mass is 344 g/mol. The van der Waals surface area contributed by atoms with Gasteiger partial charge in [0.1, 0.15) is 4.90 Å². The molecule has 2 rings (SSSR count). The predicted molar refractivity (Wildman–Crippen MR) is 80.5 cm³/mol. The van der Waals surface area contributed by atoms with E-state index < -0.39 is 4.92 Å². The molecular formula is C13H17BrN2O2S. The van der Waals surface area contributed by atoms with Gasteiger partial charge in [-0.3, -0.25) is 0 Å². The Hall–Kier alpha value is -0.620. The van der Waals surface area contributed by atoms with Crippen LogP contribution in [0.3, 0.4) is 0 Å². The van der Waals surface area contributed by atoms with Crippen LogP contribution < -0.4 is 0 Å². The van der Waals surface area contributed by atoms with Gasteiger partial charge in [-0.25, -0.2) is 0 Å². The molecule has 104 valence electrons. The first kappa shape index (κ1) is 14.8. The van der Waals surface area contributed by atoms with Gasteiger partial charge >= 0.3 is 5.82 Å². The van der Waals surface area contributed by atoms with Gasteiger partial charge in [0.2, 0.25) is 0 Å². The lowest BCUT2D eigenvalue weighted by molar-refractivity contribution is -0.392. The van der Waals surface area contributed by atoms with Crippen LogP contribution in [-0.2, 0) is 0 Å². The highest BCUT2D eigenvalue weighted by Gasteiger charge is 2.25. The number of pyridine rings is 1. The Morgan fingerprint density at radius 1 is 1.47 bits per heavy atom. The zero-order valence-corrected chi connectivity index (χ0v) is 13.2. The minimum absolute atomic E-state index is 0.0316. The van der Waals surface area contributed by atoms with E-state index in [0.29, 0.717) is 16.1 Å². The molecule has 19 heavy (non-hydrogen) atoms. The summed E-state index contributed by atoms with van der Waals surface area (Å²) < 4.78 is 0.788. The molecule has 0 bridgehead atoms. The lowest BCUT2D eigenvalue weighted by atomic mass is 9.87. The van der Waals surface area contributed by atoms with Crippen molar-refractivity contribution in [3.8, 4) is 0 Å². The van der Waals surface area contributed by atoms with Crippen LogP contribution in [0.2, 0.25) is 0 Å². The fourth-order valence-electron chi connectivity index (χ4n) is 2.54. The smallest absolute Gasteiger partial charge is 0.358 e. The van der Waals surface area contributed by atoms with Crippen molar-refractivity contribution in [2.45, 2.75) is 49.2 Å². The number of rotatable bonds is 4. The van der Waals surface area contributed by atoms with Crippen molar-refractivity contribution < 1.29 is 4.92 Å². The number of hydrogen-bond acceptors (Lipinski definition) is 4. The Balaban J connectivity index is 2.12. The van der Waals surface area contributed by atoms with E-state index in [1.165, 1.54) is 38.3 Å². The molecule has 0 saturated heterocycles. The van der Waals surface area contributed by atoms with Crippen molar-refractivity contribution in [2.24, 2.45) is 5.92 Å². The van der Waals surface area contributed by atoms with Gasteiger partial charge in [-0.05, 0) is 50.7 Å². The van der Waals surface area contributed by atoms with Crippen LogP contribution in [0, 0.1) is 16.0 Å². The maximum atomic E-state index is 11.0. The first-order valence-electron chi connectivity index (χ1n) is 6.54. The van der Waals surface area contributed by atoms with Gasteiger partial charge in [0.25, 0.3) is 0 Å². The van der Waals surface area contributed by atoms with E-state index in [1.54, 1.807) is 17.8 Å². The Labute approximate surface area is 125 Å². The zero-order valence-electron chi connectivity index (χ0n) is 10.8. The highest BCUT2D eigenvalue weighted by atomic mass is 79.9. The average Bonchev–Trinajstić information content (AvgIpc) is 2.39. The lowest BCUT2D eigenvalue weighted by Crippen LogP contribution is -2.17. The highest BCUT2D eigenvalue weighted by Crippen LogP contribution is 2.39. The van der Waals surface area contributed by atoms with Crippen LogP contribution in [0.25, 0.3) is 0 Å². The molecule has 1 aromatic rings. The average molecular weight is 345 g/mol. The summed E-state index contributed by atoms with van der Waals surface area (Å²) in [6.07, 6.45) is 7.86. The second-order valence-electron chi connectivity index (χ2n) is 4.95. The molecule has 0 radical (unpaired) electrons. The fraction of sp³-hybridized carbons (Fsp3) is 0.615. The third-order valence-electron chi connectivity index (χ3n) is 3.60. The van der Waals surface area contributed by atoms with Gasteiger partial charge < -0.3 is 10.1 Å². The molecule has 0 spiro atoms. The first-order chi connectivity index (χ1) is 9.08. The number of nitro groups is 1. The fourth-order valence-corrected chi connectivity index (χ4v) is 4.31. The number of hydrogen-bond donors (Lipinski definition) is 0. The van der Waals surface area contributed by atoms with Gasteiger partial charge in [-0.2, -0.15) is 0 Å². The molecule has 0 N–H and O–H groups in total. The third-order valence-corrected chi connectivity index (χ3v) is 5.34. The normalized spacial score (nSPS) is 18.2. The maximum Gasteiger partial charge on any atom is 0.377 e. The molecule has 1 fully saturated rings.